The van der Waals surface area contributed by atoms with E-state index in [0.29, 0.717) is 19.5 Å². The Bertz CT molecular complexity index is 381. The highest BCUT2D eigenvalue weighted by Gasteiger charge is 2.10. The summed E-state index contributed by atoms with van der Waals surface area (Å²) in [6.07, 6.45) is 3.05. The van der Waals surface area contributed by atoms with E-state index in [9.17, 15) is 4.79 Å². The fourth-order valence-electron chi connectivity index (χ4n) is 1.68. The van der Waals surface area contributed by atoms with Gasteiger partial charge in [0.25, 0.3) is 0 Å². The molecule has 0 atom stereocenters. The average Bonchev–Trinajstić information content (AvgIpc) is 2.44. The summed E-state index contributed by atoms with van der Waals surface area (Å²) in [6.45, 7) is 4.51. The molecule has 4 heteroatoms. The molecule has 0 unspecified atom stereocenters. The van der Waals surface area contributed by atoms with Crippen molar-refractivity contribution >= 4 is 17.7 Å². The van der Waals surface area contributed by atoms with Crippen molar-refractivity contribution in [1.29, 1.82) is 0 Å². The second kappa shape index (κ2) is 9.64. The van der Waals surface area contributed by atoms with Crippen LogP contribution in [0, 0.1) is 0 Å². The molecule has 1 aromatic carbocycles. The van der Waals surface area contributed by atoms with Gasteiger partial charge >= 0.3 is 0 Å². The Morgan fingerprint density at radius 1 is 1.37 bits per heavy atom. The minimum absolute atomic E-state index is 0.00164. The smallest absolute Gasteiger partial charge is 0.222 e. The van der Waals surface area contributed by atoms with Gasteiger partial charge in [0.2, 0.25) is 5.91 Å². The summed E-state index contributed by atoms with van der Waals surface area (Å²) in [5.41, 5.74) is 0. The molecular formula is C15H21NO2S. The molecule has 1 rings (SSSR count). The molecule has 0 aliphatic carbocycles. The van der Waals surface area contributed by atoms with Crippen LogP contribution in [0.25, 0.3) is 0 Å². The van der Waals surface area contributed by atoms with Gasteiger partial charge < -0.3 is 10.0 Å². The Kier molecular flexibility index (Phi) is 8.02. The lowest BCUT2D eigenvalue weighted by molar-refractivity contribution is -0.131. The molecule has 0 heterocycles. The fraction of sp³-hybridized carbons (Fsp3) is 0.400. The van der Waals surface area contributed by atoms with E-state index >= 15 is 0 Å². The summed E-state index contributed by atoms with van der Waals surface area (Å²) < 4.78 is 0. The topological polar surface area (TPSA) is 40.5 Å². The average molecular weight is 279 g/mol. The van der Waals surface area contributed by atoms with Gasteiger partial charge in [-0.3, -0.25) is 4.79 Å². The van der Waals surface area contributed by atoms with Gasteiger partial charge in [-0.25, -0.2) is 0 Å². The first-order valence-corrected chi connectivity index (χ1v) is 7.44. The summed E-state index contributed by atoms with van der Waals surface area (Å²) >= 11 is 1.76. The third-order valence-corrected chi connectivity index (χ3v) is 3.72. The molecule has 1 aromatic rings. The van der Waals surface area contributed by atoms with Crippen molar-refractivity contribution in [3.05, 3.63) is 43.0 Å². The number of nitrogens with zero attached hydrogens (tertiary/aromatic N) is 1. The van der Waals surface area contributed by atoms with E-state index < -0.39 is 0 Å². The zero-order valence-electron chi connectivity index (χ0n) is 11.1. The Morgan fingerprint density at radius 2 is 2.11 bits per heavy atom. The second-order valence-electron chi connectivity index (χ2n) is 4.12. The summed E-state index contributed by atoms with van der Waals surface area (Å²) in [4.78, 5) is 14.8. The number of carbonyl (C=O) groups excluding carboxylic acids is 1. The first kappa shape index (κ1) is 15.8. The van der Waals surface area contributed by atoms with Gasteiger partial charge in [-0.15, -0.1) is 18.3 Å². The SMILES string of the molecule is C=CCN(CCO)C(=O)CCCSc1ccccc1. The number of rotatable bonds is 9. The van der Waals surface area contributed by atoms with Crippen LogP contribution >= 0.6 is 11.8 Å². The Balaban J connectivity index is 2.23. The molecule has 104 valence electrons. The quantitative estimate of drug-likeness (QED) is 0.429. The number of aliphatic hydroxyl groups excluding tert-OH is 1. The molecule has 0 radical (unpaired) electrons. The van der Waals surface area contributed by atoms with Gasteiger partial charge in [-0.2, -0.15) is 0 Å². The molecule has 19 heavy (non-hydrogen) atoms. The lowest BCUT2D eigenvalue weighted by Crippen LogP contribution is -2.33. The molecule has 0 saturated carbocycles. The van der Waals surface area contributed by atoms with Crippen molar-refractivity contribution in [3.8, 4) is 0 Å². The fourth-order valence-corrected chi connectivity index (χ4v) is 2.56. The van der Waals surface area contributed by atoms with Gasteiger partial charge in [0, 0.05) is 24.4 Å². The maximum absolute atomic E-state index is 11.9. The first-order valence-electron chi connectivity index (χ1n) is 6.45. The van der Waals surface area contributed by atoms with Crippen LogP contribution in [0.5, 0.6) is 0 Å². The maximum atomic E-state index is 11.9. The third-order valence-electron chi connectivity index (χ3n) is 2.62. The van der Waals surface area contributed by atoms with E-state index in [2.05, 4.69) is 18.7 Å². The van der Waals surface area contributed by atoms with Crippen molar-refractivity contribution in [1.82, 2.24) is 4.90 Å². The summed E-state index contributed by atoms with van der Waals surface area (Å²) in [5.74, 6) is 1.01. The van der Waals surface area contributed by atoms with E-state index in [4.69, 9.17) is 5.11 Å². The minimum Gasteiger partial charge on any atom is -0.395 e. The van der Waals surface area contributed by atoms with Gasteiger partial charge in [-0.1, -0.05) is 24.3 Å². The number of benzene rings is 1. The van der Waals surface area contributed by atoms with E-state index in [0.717, 1.165) is 12.2 Å². The molecule has 3 nitrogen and oxygen atoms in total. The molecule has 0 bridgehead atoms. The van der Waals surface area contributed by atoms with Crippen LogP contribution in [0.3, 0.4) is 0 Å². The van der Waals surface area contributed by atoms with E-state index in [1.165, 1.54) is 4.90 Å². The van der Waals surface area contributed by atoms with E-state index in [1.807, 2.05) is 18.2 Å². The monoisotopic (exact) mass is 279 g/mol. The molecule has 0 saturated heterocycles. The minimum atomic E-state index is -0.00164. The molecule has 0 aliphatic rings. The molecule has 0 spiro atoms. The molecule has 0 fully saturated rings. The lowest BCUT2D eigenvalue weighted by Gasteiger charge is -2.19. The maximum Gasteiger partial charge on any atom is 0.222 e. The highest BCUT2D eigenvalue weighted by molar-refractivity contribution is 7.99. The summed E-state index contributed by atoms with van der Waals surface area (Å²) in [6, 6.07) is 10.2. The molecule has 1 N–H and O–H groups in total. The van der Waals surface area contributed by atoms with Crippen molar-refractivity contribution in [2.24, 2.45) is 0 Å². The van der Waals surface area contributed by atoms with Crippen LogP contribution < -0.4 is 0 Å². The number of amides is 1. The van der Waals surface area contributed by atoms with Gasteiger partial charge in [0.05, 0.1) is 6.61 Å². The zero-order valence-corrected chi connectivity index (χ0v) is 11.9. The van der Waals surface area contributed by atoms with Crippen LogP contribution in [-0.2, 0) is 4.79 Å². The molecule has 1 amide bonds. The van der Waals surface area contributed by atoms with Crippen LogP contribution in [0.1, 0.15) is 12.8 Å². The Hall–Kier alpha value is -1.26. The van der Waals surface area contributed by atoms with Gasteiger partial charge in [0.1, 0.15) is 0 Å². The number of hydrogen-bond donors (Lipinski definition) is 1. The van der Waals surface area contributed by atoms with Gasteiger partial charge in [-0.05, 0) is 24.3 Å². The number of thioether (sulfide) groups is 1. The highest BCUT2D eigenvalue weighted by Crippen LogP contribution is 2.18. The Morgan fingerprint density at radius 3 is 2.74 bits per heavy atom. The van der Waals surface area contributed by atoms with Crippen LogP contribution in [0.4, 0.5) is 0 Å². The van der Waals surface area contributed by atoms with Crippen molar-refractivity contribution in [2.45, 2.75) is 17.7 Å². The highest BCUT2D eigenvalue weighted by atomic mass is 32.2. The number of aliphatic hydroxyl groups is 1. The summed E-state index contributed by atoms with van der Waals surface area (Å²) in [7, 11) is 0. The predicted octanol–water partition coefficient (Wildman–Crippen LogP) is 2.57. The zero-order chi connectivity index (χ0) is 13.9. The Labute approximate surface area is 119 Å². The van der Waals surface area contributed by atoms with Crippen molar-refractivity contribution in [3.63, 3.8) is 0 Å². The molecular weight excluding hydrogens is 258 g/mol. The molecule has 0 aliphatic heterocycles. The number of hydrogen-bond acceptors (Lipinski definition) is 3. The normalized spacial score (nSPS) is 10.2. The van der Waals surface area contributed by atoms with E-state index in [1.54, 1.807) is 22.7 Å². The van der Waals surface area contributed by atoms with Crippen LogP contribution in [0.2, 0.25) is 0 Å². The predicted molar refractivity (Wildman–Crippen MR) is 80.3 cm³/mol. The van der Waals surface area contributed by atoms with Crippen molar-refractivity contribution in [2.75, 3.05) is 25.4 Å². The summed E-state index contributed by atoms with van der Waals surface area (Å²) in [5, 5.41) is 8.90. The molecule has 0 aromatic heterocycles. The standard InChI is InChI=1S/C15H21NO2S/c1-2-10-16(11-12-17)15(18)9-6-13-19-14-7-4-3-5-8-14/h2-5,7-8,17H,1,6,9-13H2. The third kappa shape index (κ3) is 6.45. The van der Waals surface area contributed by atoms with Crippen molar-refractivity contribution < 1.29 is 9.90 Å². The van der Waals surface area contributed by atoms with Crippen LogP contribution in [0.15, 0.2) is 47.9 Å². The lowest BCUT2D eigenvalue weighted by atomic mass is 10.3. The van der Waals surface area contributed by atoms with E-state index in [-0.39, 0.29) is 12.5 Å². The first-order chi connectivity index (χ1) is 9.27. The van der Waals surface area contributed by atoms with Gasteiger partial charge in [0.15, 0.2) is 0 Å². The second-order valence-corrected chi connectivity index (χ2v) is 5.29. The van der Waals surface area contributed by atoms with Crippen LogP contribution in [-0.4, -0.2) is 41.4 Å². The number of carbonyl (C=O) groups is 1. The largest absolute Gasteiger partial charge is 0.395 e.